The van der Waals surface area contributed by atoms with Crippen LogP contribution in [0.15, 0.2) is 66.7 Å². The predicted octanol–water partition coefficient (Wildman–Crippen LogP) is 8.92. The summed E-state index contributed by atoms with van der Waals surface area (Å²) in [5.74, 6) is 0.251. The topological polar surface area (TPSA) is 50.9 Å². The summed E-state index contributed by atoms with van der Waals surface area (Å²) in [5.41, 5.74) is 5.26. The molecule has 1 aromatic heterocycles. The van der Waals surface area contributed by atoms with Gasteiger partial charge in [0.05, 0.1) is 0 Å². The van der Waals surface area contributed by atoms with E-state index < -0.39 is 0 Å². The van der Waals surface area contributed by atoms with Crippen molar-refractivity contribution < 1.29 is 5.11 Å². The molecular weight excluding hydrogens is 454 g/mol. The van der Waals surface area contributed by atoms with Gasteiger partial charge in [0.2, 0.25) is 0 Å². The number of aryl methyl sites for hydroxylation is 1. The minimum atomic E-state index is -0.361. The maximum atomic E-state index is 11.5. The number of benzene rings is 3. The van der Waals surface area contributed by atoms with Crippen LogP contribution in [0.5, 0.6) is 5.75 Å². The summed E-state index contributed by atoms with van der Waals surface area (Å²) in [7, 11) is 0. The van der Waals surface area contributed by atoms with Crippen LogP contribution in [-0.4, -0.2) is 20.1 Å². The molecule has 37 heavy (non-hydrogen) atoms. The van der Waals surface area contributed by atoms with Crippen molar-refractivity contribution in [2.45, 2.75) is 96.8 Å². The van der Waals surface area contributed by atoms with Gasteiger partial charge in [0.25, 0.3) is 0 Å². The van der Waals surface area contributed by atoms with Crippen molar-refractivity contribution in [3.63, 3.8) is 0 Å². The smallest absolute Gasteiger partial charge is 0.147 e. The zero-order valence-electron chi connectivity index (χ0n) is 22.9. The van der Waals surface area contributed by atoms with Gasteiger partial charge in [-0.05, 0) is 42.2 Å². The van der Waals surface area contributed by atoms with E-state index in [0.29, 0.717) is 5.69 Å². The number of rotatable bonds is 14. The van der Waals surface area contributed by atoms with Crippen molar-refractivity contribution in [2.24, 2.45) is 0 Å². The lowest BCUT2D eigenvalue weighted by molar-refractivity contribution is 0.446. The van der Waals surface area contributed by atoms with Crippen LogP contribution in [0.3, 0.4) is 0 Å². The van der Waals surface area contributed by atoms with Crippen molar-refractivity contribution in [3.8, 4) is 11.4 Å². The molecule has 0 bridgehead atoms. The Labute approximate surface area is 222 Å². The number of unbranched alkanes of at least 4 members (excludes halogenated alkanes) is 9. The predicted molar refractivity (Wildman–Crippen MR) is 155 cm³/mol. The first-order valence-electron chi connectivity index (χ1n) is 14.2. The zero-order valence-corrected chi connectivity index (χ0v) is 22.9. The largest absolute Gasteiger partial charge is 0.505 e. The lowest BCUT2D eigenvalue weighted by atomic mass is 9.76. The molecule has 1 heterocycles. The highest BCUT2D eigenvalue weighted by atomic mass is 16.3. The molecule has 0 aliphatic heterocycles. The van der Waals surface area contributed by atoms with Crippen molar-refractivity contribution in [3.05, 3.63) is 83.4 Å². The Morgan fingerprint density at radius 1 is 0.703 bits per heavy atom. The molecule has 0 fully saturated rings. The second kappa shape index (κ2) is 12.9. The summed E-state index contributed by atoms with van der Waals surface area (Å²) in [5, 5.41) is 20.9. The van der Waals surface area contributed by atoms with E-state index in [1.54, 1.807) is 4.80 Å². The molecule has 4 heteroatoms. The molecule has 0 saturated carbocycles. The average molecular weight is 498 g/mol. The van der Waals surface area contributed by atoms with Gasteiger partial charge >= 0.3 is 0 Å². The fourth-order valence-electron chi connectivity index (χ4n) is 5.24. The average Bonchev–Trinajstić information content (AvgIpc) is 3.35. The molecule has 0 radical (unpaired) electrons. The summed E-state index contributed by atoms with van der Waals surface area (Å²) in [6.45, 7) is 6.63. The maximum absolute atomic E-state index is 11.5. The van der Waals surface area contributed by atoms with Gasteiger partial charge in [-0.1, -0.05) is 127 Å². The quantitative estimate of drug-likeness (QED) is 0.177. The lowest BCUT2D eigenvalue weighted by Crippen LogP contribution is -2.20. The number of aromatic nitrogens is 3. The van der Waals surface area contributed by atoms with E-state index in [0.717, 1.165) is 29.4 Å². The summed E-state index contributed by atoms with van der Waals surface area (Å²) in [4.78, 5) is 1.60. The summed E-state index contributed by atoms with van der Waals surface area (Å²) < 4.78 is 0. The fraction of sp³-hybridized carbons (Fsp3) is 0.455. The highest BCUT2D eigenvalue weighted by Gasteiger charge is 2.29. The molecular formula is C33H43N3O. The van der Waals surface area contributed by atoms with E-state index in [2.05, 4.69) is 67.4 Å². The highest BCUT2D eigenvalue weighted by molar-refractivity contribution is 5.74. The monoisotopic (exact) mass is 497 g/mol. The number of nitrogens with zero attached hydrogens (tertiary/aromatic N) is 3. The molecule has 0 unspecified atom stereocenters. The van der Waals surface area contributed by atoms with Crippen molar-refractivity contribution in [2.75, 3.05) is 0 Å². The van der Waals surface area contributed by atoms with Crippen molar-refractivity contribution in [1.82, 2.24) is 15.0 Å². The molecule has 4 aromatic rings. The van der Waals surface area contributed by atoms with E-state index in [1.165, 1.54) is 68.9 Å². The van der Waals surface area contributed by atoms with E-state index in [1.807, 2.05) is 30.3 Å². The number of fused-ring (bicyclic) bond motifs is 1. The first-order valence-corrected chi connectivity index (χ1v) is 14.2. The Kier molecular flexibility index (Phi) is 9.38. The van der Waals surface area contributed by atoms with Crippen LogP contribution in [0.25, 0.3) is 16.7 Å². The Hall–Kier alpha value is -3.14. The third-order valence-corrected chi connectivity index (χ3v) is 7.64. The normalized spacial score (nSPS) is 11.9. The van der Waals surface area contributed by atoms with Crippen molar-refractivity contribution in [1.29, 1.82) is 0 Å². The van der Waals surface area contributed by atoms with Gasteiger partial charge in [0.15, 0.2) is 0 Å². The fourth-order valence-corrected chi connectivity index (χ4v) is 5.24. The molecule has 0 spiro atoms. The van der Waals surface area contributed by atoms with E-state index in [4.69, 9.17) is 0 Å². The van der Waals surface area contributed by atoms with Gasteiger partial charge in [0.1, 0.15) is 22.5 Å². The summed E-state index contributed by atoms with van der Waals surface area (Å²) >= 11 is 0. The molecule has 0 amide bonds. The number of phenols is 1. The molecule has 4 nitrogen and oxygen atoms in total. The summed E-state index contributed by atoms with van der Waals surface area (Å²) in [6.07, 6.45) is 14.2. The first-order chi connectivity index (χ1) is 18.0. The SMILES string of the molecule is CCCCCCCCCCCCc1cc(-n2nc3ccccc3n2)c(O)c(C(C)(C)c2ccccc2)c1. The molecule has 0 aliphatic rings. The van der Waals surface area contributed by atoms with Gasteiger partial charge in [-0.25, -0.2) is 0 Å². The van der Waals surface area contributed by atoms with Crippen LogP contribution >= 0.6 is 0 Å². The summed E-state index contributed by atoms with van der Waals surface area (Å²) in [6, 6.07) is 22.5. The number of hydrogen-bond acceptors (Lipinski definition) is 3. The number of aromatic hydroxyl groups is 1. The van der Waals surface area contributed by atoms with E-state index >= 15 is 0 Å². The number of hydrogen-bond donors (Lipinski definition) is 1. The number of phenolic OH excluding ortho intramolecular Hbond substituents is 1. The zero-order chi connectivity index (χ0) is 26.1. The molecule has 0 aliphatic carbocycles. The van der Waals surface area contributed by atoms with E-state index in [-0.39, 0.29) is 11.2 Å². The van der Waals surface area contributed by atoms with Gasteiger partial charge in [-0.3, -0.25) is 0 Å². The molecule has 0 atom stereocenters. The third-order valence-electron chi connectivity index (χ3n) is 7.64. The molecule has 4 rings (SSSR count). The minimum Gasteiger partial charge on any atom is -0.505 e. The van der Waals surface area contributed by atoms with Crippen LogP contribution in [0.4, 0.5) is 0 Å². The third kappa shape index (κ3) is 6.80. The molecule has 1 N–H and O–H groups in total. The van der Waals surface area contributed by atoms with Crippen molar-refractivity contribution >= 4 is 11.0 Å². The molecule has 0 saturated heterocycles. The minimum absolute atomic E-state index is 0.251. The van der Waals surface area contributed by atoms with Crippen LogP contribution in [0.2, 0.25) is 0 Å². The van der Waals surface area contributed by atoms with Crippen LogP contribution in [-0.2, 0) is 11.8 Å². The van der Waals surface area contributed by atoms with Gasteiger partial charge in [-0.15, -0.1) is 15.0 Å². The Bertz CT molecular complexity index is 1230. The lowest BCUT2D eigenvalue weighted by Gasteiger charge is -2.28. The second-order valence-corrected chi connectivity index (χ2v) is 10.9. The molecule has 196 valence electrons. The van der Waals surface area contributed by atoms with E-state index in [9.17, 15) is 5.11 Å². The van der Waals surface area contributed by atoms with Crippen LogP contribution < -0.4 is 0 Å². The van der Waals surface area contributed by atoms with Crippen LogP contribution in [0.1, 0.15) is 102 Å². The van der Waals surface area contributed by atoms with Gasteiger partial charge in [0, 0.05) is 11.0 Å². The standard InChI is InChI=1S/C33H43N3O/c1-4-5-6-7-8-9-10-11-12-14-19-26-24-28(33(2,3)27-20-15-13-16-21-27)32(37)31(25-26)36-34-29-22-17-18-23-30(29)35-36/h13,15-18,20-25,37H,4-12,14,19H2,1-3H3. The maximum Gasteiger partial charge on any atom is 0.147 e. The Morgan fingerprint density at radius 3 is 1.84 bits per heavy atom. The highest BCUT2D eigenvalue weighted by Crippen LogP contribution is 2.40. The second-order valence-electron chi connectivity index (χ2n) is 10.9. The molecule has 3 aromatic carbocycles. The Balaban J connectivity index is 1.52. The first kappa shape index (κ1) is 26.9. The van der Waals surface area contributed by atoms with Gasteiger partial charge < -0.3 is 5.11 Å². The Morgan fingerprint density at radius 2 is 1.24 bits per heavy atom. The van der Waals surface area contributed by atoms with Gasteiger partial charge in [-0.2, -0.15) is 0 Å². The van der Waals surface area contributed by atoms with Crippen LogP contribution in [0, 0.1) is 0 Å².